The van der Waals surface area contributed by atoms with E-state index in [1.54, 1.807) is 0 Å². The molecule has 1 nitrogen and oxygen atoms in total. The molecule has 2 heteroatoms. The maximum atomic E-state index is 6.18. The van der Waals surface area contributed by atoms with Crippen LogP contribution in [0.15, 0.2) is 42.5 Å². The molecule has 1 atom stereocenters. The normalized spacial score (nSPS) is 17.9. The van der Waals surface area contributed by atoms with Gasteiger partial charge in [-0.3, -0.25) is 0 Å². The molecule has 0 spiro atoms. The lowest BCUT2D eigenvalue weighted by molar-refractivity contribution is 0.608. The quantitative estimate of drug-likeness (QED) is 0.601. The topological polar surface area (TPSA) is 15.8 Å². The summed E-state index contributed by atoms with van der Waals surface area (Å²) >= 11 is 6.18. The van der Waals surface area contributed by atoms with Crippen molar-refractivity contribution in [3.63, 3.8) is 0 Å². The highest BCUT2D eigenvalue weighted by Gasteiger charge is 2.25. The first kappa shape index (κ1) is 13.0. The maximum absolute atomic E-state index is 6.18. The third kappa shape index (κ3) is 2.16. The number of aromatic amines is 1. The number of fused-ring (bicyclic) bond motifs is 3. The van der Waals surface area contributed by atoms with E-state index in [1.807, 2.05) is 6.07 Å². The van der Waals surface area contributed by atoms with Crippen LogP contribution in [-0.4, -0.2) is 4.98 Å². The van der Waals surface area contributed by atoms with Gasteiger partial charge in [-0.15, -0.1) is 0 Å². The van der Waals surface area contributed by atoms with Crippen molar-refractivity contribution in [2.45, 2.75) is 32.1 Å². The van der Waals surface area contributed by atoms with E-state index in [4.69, 9.17) is 11.6 Å². The van der Waals surface area contributed by atoms with Gasteiger partial charge in [0.15, 0.2) is 0 Å². The number of halogens is 1. The molecule has 1 aliphatic rings. The first-order valence-corrected chi connectivity index (χ1v) is 7.97. The molecule has 1 N–H and O–H groups in total. The van der Waals surface area contributed by atoms with Gasteiger partial charge in [0.25, 0.3) is 0 Å². The van der Waals surface area contributed by atoms with Crippen LogP contribution >= 0.6 is 11.6 Å². The molecular weight excluding hydrogens is 278 g/mol. The third-order valence-electron chi connectivity index (χ3n) is 4.65. The second kappa shape index (κ2) is 4.92. The molecule has 3 aromatic rings. The summed E-state index contributed by atoms with van der Waals surface area (Å²) in [5, 5.41) is 2.12. The highest BCUT2D eigenvalue weighted by Crippen LogP contribution is 2.40. The largest absolute Gasteiger partial charge is 0.358 e. The maximum Gasteiger partial charge on any atom is 0.0460 e. The molecule has 1 heterocycles. The van der Waals surface area contributed by atoms with Crippen LogP contribution < -0.4 is 0 Å². The number of benzene rings is 2. The van der Waals surface area contributed by atoms with E-state index >= 15 is 0 Å². The molecule has 1 aliphatic carbocycles. The molecule has 1 aromatic heterocycles. The Kier molecular flexibility index (Phi) is 3.04. The SMILES string of the molecule is Cc1ccc(C2CCCc3c2[nH]c2ccc(Cl)cc32)cc1. The third-order valence-corrected chi connectivity index (χ3v) is 4.88. The average Bonchev–Trinajstić information content (AvgIpc) is 2.86. The summed E-state index contributed by atoms with van der Waals surface area (Å²) in [5.74, 6) is 0.487. The molecule has 2 aromatic carbocycles. The van der Waals surface area contributed by atoms with E-state index in [9.17, 15) is 0 Å². The van der Waals surface area contributed by atoms with E-state index in [-0.39, 0.29) is 0 Å². The molecule has 21 heavy (non-hydrogen) atoms. The molecule has 0 radical (unpaired) electrons. The number of rotatable bonds is 1. The molecule has 4 rings (SSSR count). The summed E-state index contributed by atoms with van der Waals surface area (Å²) in [6.07, 6.45) is 3.61. The molecule has 0 saturated carbocycles. The van der Waals surface area contributed by atoms with Gasteiger partial charge in [0, 0.05) is 27.5 Å². The van der Waals surface area contributed by atoms with Crippen LogP contribution in [0.1, 0.15) is 41.1 Å². The minimum Gasteiger partial charge on any atom is -0.358 e. The molecule has 106 valence electrons. The molecule has 0 fully saturated rings. The van der Waals surface area contributed by atoms with E-state index in [2.05, 4.69) is 48.3 Å². The van der Waals surface area contributed by atoms with Crippen LogP contribution in [0.2, 0.25) is 5.02 Å². The number of hydrogen-bond acceptors (Lipinski definition) is 0. The van der Waals surface area contributed by atoms with E-state index in [1.165, 1.54) is 46.1 Å². The highest BCUT2D eigenvalue weighted by molar-refractivity contribution is 6.31. The van der Waals surface area contributed by atoms with Gasteiger partial charge in [0.1, 0.15) is 0 Å². The number of H-pyrrole nitrogens is 1. The standard InChI is InChI=1S/C19H18ClN/c1-12-5-7-13(8-6-12)15-3-2-4-16-17-11-14(20)9-10-18(17)21-19(15)16/h5-11,15,21H,2-4H2,1H3. The number of hydrogen-bond donors (Lipinski definition) is 1. The van der Waals surface area contributed by atoms with E-state index in [0.29, 0.717) is 5.92 Å². The van der Waals surface area contributed by atoms with Gasteiger partial charge in [-0.05, 0) is 55.5 Å². The Balaban J connectivity index is 1.88. The second-order valence-corrected chi connectivity index (χ2v) is 6.50. The van der Waals surface area contributed by atoms with Crippen molar-refractivity contribution in [3.05, 3.63) is 69.9 Å². The van der Waals surface area contributed by atoms with Crippen LogP contribution in [0.5, 0.6) is 0 Å². The summed E-state index contributed by atoms with van der Waals surface area (Å²) in [4.78, 5) is 3.65. The van der Waals surface area contributed by atoms with Gasteiger partial charge < -0.3 is 4.98 Å². The Bertz CT molecular complexity index is 798. The Hall–Kier alpha value is -1.73. The van der Waals surface area contributed by atoms with Crippen molar-refractivity contribution in [2.24, 2.45) is 0 Å². The van der Waals surface area contributed by atoms with E-state index < -0.39 is 0 Å². The summed E-state index contributed by atoms with van der Waals surface area (Å²) in [5.41, 5.74) is 6.80. The second-order valence-electron chi connectivity index (χ2n) is 6.06. The summed E-state index contributed by atoms with van der Waals surface area (Å²) in [7, 11) is 0. The number of aryl methyl sites for hydroxylation is 2. The summed E-state index contributed by atoms with van der Waals surface area (Å²) < 4.78 is 0. The summed E-state index contributed by atoms with van der Waals surface area (Å²) in [6.45, 7) is 2.14. The van der Waals surface area contributed by atoms with Crippen LogP contribution in [0.3, 0.4) is 0 Å². The monoisotopic (exact) mass is 295 g/mol. The Morgan fingerprint density at radius 2 is 1.90 bits per heavy atom. The number of nitrogens with one attached hydrogen (secondary N) is 1. The smallest absolute Gasteiger partial charge is 0.0460 e. The van der Waals surface area contributed by atoms with Gasteiger partial charge >= 0.3 is 0 Å². The minimum atomic E-state index is 0.487. The lowest BCUT2D eigenvalue weighted by Crippen LogP contribution is -2.10. The van der Waals surface area contributed by atoms with E-state index in [0.717, 1.165) is 11.4 Å². The highest BCUT2D eigenvalue weighted by atomic mass is 35.5. The zero-order chi connectivity index (χ0) is 14.4. The average molecular weight is 296 g/mol. The Morgan fingerprint density at radius 3 is 2.71 bits per heavy atom. The van der Waals surface area contributed by atoms with Crippen molar-refractivity contribution in [3.8, 4) is 0 Å². The van der Waals surface area contributed by atoms with Gasteiger partial charge in [0.2, 0.25) is 0 Å². The van der Waals surface area contributed by atoms with Crippen molar-refractivity contribution in [1.29, 1.82) is 0 Å². The molecule has 0 saturated heterocycles. The van der Waals surface area contributed by atoms with Gasteiger partial charge in [0.05, 0.1) is 0 Å². The first-order valence-electron chi connectivity index (χ1n) is 7.59. The van der Waals surface area contributed by atoms with Gasteiger partial charge in [-0.25, -0.2) is 0 Å². The van der Waals surface area contributed by atoms with Crippen molar-refractivity contribution in [1.82, 2.24) is 4.98 Å². The zero-order valence-corrected chi connectivity index (χ0v) is 12.9. The van der Waals surface area contributed by atoms with Crippen molar-refractivity contribution < 1.29 is 0 Å². The minimum absolute atomic E-state index is 0.487. The molecule has 0 aliphatic heterocycles. The van der Waals surface area contributed by atoms with Crippen LogP contribution in [-0.2, 0) is 6.42 Å². The fourth-order valence-electron chi connectivity index (χ4n) is 3.57. The zero-order valence-electron chi connectivity index (χ0n) is 12.1. The molecule has 0 bridgehead atoms. The van der Waals surface area contributed by atoms with Crippen LogP contribution in [0.4, 0.5) is 0 Å². The Morgan fingerprint density at radius 1 is 1.10 bits per heavy atom. The predicted molar refractivity (Wildman–Crippen MR) is 89.3 cm³/mol. The van der Waals surface area contributed by atoms with Crippen molar-refractivity contribution in [2.75, 3.05) is 0 Å². The van der Waals surface area contributed by atoms with Gasteiger partial charge in [-0.2, -0.15) is 0 Å². The fourth-order valence-corrected chi connectivity index (χ4v) is 3.74. The van der Waals surface area contributed by atoms with Crippen LogP contribution in [0.25, 0.3) is 10.9 Å². The fraction of sp³-hybridized carbons (Fsp3) is 0.263. The molecular formula is C19H18ClN. The summed E-state index contributed by atoms with van der Waals surface area (Å²) in [6, 6.07) is 15.1. The number of aromatic nitrogens is 1. The lowest BCUT2D eigenvalue weighted by Gasteiger charge is -2.23. The molecule has 0 amide bonds. The van der Waals surface area contributed by atoms with Gasteiger partial charge in [-0.1, -0.05) is 41.4 Å². The lowest BCUT2D eigenvalue weighted by atomic mass is 9.82. The Labute approximate surface area is 130 Å². The molecule has 1 unspecified atom stereocenters. The predicted octanol–water partition coefficient (Wildman–Crippen LogP) is 5.60. The first-order chi connectivity index (χ1) is 10.2. The van der Waals surface area contributed by atoms with Crippen molar-refractivity contribution >= 4 is 22.5 Å². The van der Waals surface area contributed by atoms with Crippen LogP contribution in [0, 0.1) is 6.92 Å².